The van der Waals surface area contributed by atoms with Crippen LogP contribution in [0.3, 0.4) is 0 Å². The standard InChI is InChI=1S/C26H26ClN3O4/c1-14-7-5-6-8-18(14)29-25(32)22-15(2)28-19-12-26(3,4)13-21(31)24(19)23(22)16-9-10-17(27)20(11-16)30(33)34/h5-11,23,28H,12-13H2,1-4H3,(H,29,32)/t23-/m1/s1. The summed E-state index contributed by atoms with van der Waals surface area (Å²) in [5, 5.41) is 17.8. The predicted octanol–water partition coefficient (Wildman–Crippen LogP) is 5.80. The molecule has 0 radical (unpaired) electrons. The van der Waals surface area contributed by atoms with Crippen LogP contribution in [0.25, 0.3) is 0 Å². The Labute approximate surface area is 203 Å². The van der Waals surface area contributed by atoms with Crippen molar-refractivity contribution >= 4 is 34.7 Å². The summed E-state index contributed by atoms with van der Waals surface area (Å²) in [5.41, 5.74) is 3.74. The van der Waals surface area contributed by atoms with Crippen molar-refractivity contribution in [2.45, 2.75) is 46.5 Å². The molecule has 7 nitrogen and oxygen atoms in total. The van der Waals surface area contributed by atoms with Gasteiger partial charge in [0, 0.05) is 46.6 Å². The van der Waals surface area contributed by atoms with E-state index in [1.54, 1.807) is 19.1 Å². The van der Waals surface area contributed by atoms with Crippen LogP contribution < -0.4 is 10.6 Å². The maximum atomic E-state index is 13.6. The lowest BCUT2D eigenvalue weighted by molar-refractivity contribution is -0.384. The maximum Gasteiger partial charge on any atom is 0.288 e. The fraction of sp³-hybridized carbons (Fsp3) is 0.308. The molecule has 1 aliphatic heterocycles. The second kappa shape index (κ2) is 8.72. The Bertz CT molecular complexity index is 1290. The van der Waals surface area contributed by atoms with Crippen LogP contribution in [0.1, 0.15) is 50.7 Å². The molecule has 1 atom stereocenters. The number of halogens is 1. The first-order valence-electron chi connectivity index (χ1n) is 11.0. The van der Waals surface area contributed by atoms with Crippen LogP contribution >= 0.6 is 11.6 Å². The van der Waals surface area contributed by atoms with E-state index >= 15 is 0 Å². The van der Waals surface area contributed by atoms with Gasteiger partial charge in [-0.1, -0.05) is 49.7 Å². The Kier molecular flexibility index (Phi) is 6.08. The number of dihydropyridines is 1. The number of allylic oxidation sites excluding steroid dienone is 3. The Balaban J connectivity index is 1.87. The maximum absolute atomic E-state index is 13.6. The van der Waals surface area contributed by atoms with Gasteiger partial charge in [0.05, 0.1) is 4.92 Å². The number of hydrogen-bond donors (Lipinski definition) is 2. The van der Waals surface area contributed by atoms with Gasteiger partial charge in [-0.25, -0.2) is 0 Å². The monoisotopic (exact) mass is 479 g/mol. The molecule has 1 heterocycles. The lowest BCUT2D eigenvalue weighted by Gasteiger charge is -2.39. The molecule has 0 saturated heterocycles. The molecule has 176 valence electrons. The third kappa shape index (κ3) is 4.35. The Morgan fingerprint density at radius 3 is 2.56 bits per heavy atom. The number of rotatable bonds is 4. The van der Waals surface area contributed by atoms with Gasteiger partial charge in [-0.2, -0.15) is 0 Å². The summed E-state index contributed by atoms with van der Waals surface area (Å²) in [6, 6.07) is 11.9. The van der Waals surface area contributed by atoms with Crippen molar-refractivity contribution in [3.8, 4) is 0 Å². The van der Waals surface area contributed by atoms with Gasteiger partial charge in [0.1, 0.15) is 5.02 Å². The second-order valence-corrected chi connectivity index (χ2v) is 10.1. The molecule has 1 aliphatic carbocycles. The zero-order valence-electron chi connectivity index (χ0n) is 19.5. The molecule has 0 fully saturated rings. The van der Waals surface area contributed by atoms with E-state index in [0.717, 1.165) is 11.3 Å². The zero-order chi connectivity index (χ0) is 24.8. The van der Waals surface area contributed by atoms with Crippen LogP contribution in [-0.4, -0.2) is 16.6 Å². The molecular weight excluding hydrogens is 454 g/mol. The molecule has 34 heavy (non-hydrogen) atoms. The number of nitrogens with one attached hydrogen (secondary N) is 2. The van der Waals surface area contributed by atoms with Crippen molar-refractivity contribution in [2.75, 3.05) is 5.32 Å². The van der Waals surface area contributed by atoms with Crippen molar-refractivity contribution in [1.82, 2.24) is 5.32 Å². The summed E-state index contributed by atoms with van der Waals surface area (Å²) < 4.78 is 0. The summed E-state index contributed by atoms with van der Waals surface area (Å²) >= 11 is 6.06. The van der Waals surface area contributed by atoms with Crippen LogP contribution in [0.15, 0.2) is 65.0 Å². The average molecular weight is 480 g/mol. The Morgan fingerprint density at radius 2 is 1.88 bits per heavy atom. The van der Waals surface area contributed by atoms with Crippen molar-refractivity contribution in [2.24, 2.45) is 5.41 Å². The van der Waals surface area contributed by atoms with Crippen LogP contribution in [-0.2, 0) is 9.59 Å². The molecule has 0 saturated carbocycles. The first-order chi connectivity index (χ1) is 16.0. The van der Waals surface area contributed by atoms with Crippen molar-refractivity contribution < 1.29 is 14.5 Å². The fourth-order valence-corrected chi connectivity index (χ4v) is 5.01. The number of ketones is 1. The first-order valence-corrected chi connectivity index (χ1v) is 11.4. The number of para-hydroxylation sites is 1. The number of anilines is 1. The highest BCUT2D eigenvalue weighted by Crippen LogP contribution is 2.47. The number of carbonyl (C=O) groups excluding carboxylic acids is 2. The number of Topliss-reactive ketones (excluding diaryl/α,β-unsaturated/α-hetero) is 1. The van der Waals surface area contributed by atoms with E-state index < -0.39 is 10.8 Å². The molecule has 2 N–H and O–H groups in total. The summed E-state index contributed by atoms with van der Waals surface area (Å²) in [5.74, 6) is -1.19. The summed E-state index contributed by atoms with van der Waals surface area (Å²) in [7, 11) is 0. The molecule has 0 bridgehead atoms. The number of amides is 1. The van der Waals surface area contributed by atoms with Gasteiger partial charge in [-0.05, 0) is 48.9 Å². The quantitative estimate of drug-likeness (QED) is 0.426. The first kappa shape index (κ1) is 23.7. The SMILES string of the molecule is CC1=C(C(=O)Nc2ccccc2C)[C@@H](c2ccc(Cl)c([N+](=O)[O-])c2)C2=C(CC(C)(C)CC2=O)N1. The van der Waals surface area contributed by atoms with Gasteiger partial charge >= 0.3 is 0 Å². The van der Waals surface area contributed by atoms with E-state index in [9.17, 15) is 19.7 Å². The molecule has 2 aromatic rings. The number of nitrogens with zero attached hydrogens (tertiary/aromatic N) is 1. The van der Waals surface area contributed by atoms with E-state index in [-0.39, 0.29) is 27.8 Å². The predicted molar refractivity (Wildman–Crippen MR) is 132 cm³/mol. The normalized spacial score (nSPS) is 19.4. The van der Waals surface area contributed by atoms with Gasteiger partial charge < -0.3 is 10.6 Å². The van der Waals surface area contributed by atoms with Crippen molar-refractivity contribution in [1.29, 1.82) is 0 Å². The van der Waals surface area contributed by atoms with Crippen LogP contribution in [0.4, 0.5) is 11.4 Å². The number of hydrogen-bond acceptors (Lipinski definition) is 5. The molecule has 0 unspecified atom stereocenters. The Morgan fingerprint density at radius 1 is 1.18 bits per heavy atom. The molecule has 2 aromatic carbocycles. The minimum absolute atomic E-state index is 0.000366. The number of aryl methyl sites for hydroxylation is 1. The number of carbonyl (C=O) groups is 2. The molecule has 1 amide bonds. The van der Waals surface area contributed by atoms with E-state index in [0.29, 0.717) is 40.9 Å². The van der Waals surface area contributed by atoms with Crippen LogP contribution in [0, 0.1) is 22.5 Å². The van der Waals surface area contributed by atoms with Gasteiger partial charge in [-0.15, -0.1) is 0 Å². The minimum atomic E-state index is -0.750. The summed E-state index contributed by atoms with van der Waals surface area (Å²) in [6.07, 6.45) is 0.954. The molecule has 2 aliphatic rings. The third-order valence-electron chi connectivity index (χ3n) is 6.38. The highest BCUT2D eigenvalue weighted by molar-refractivity contribution is 6.32. The minimum Gasteiger partial charge on any atom is -0.362 e. The van der Waals surface area contributed by atoms with Crippen LogP contribution in [0.5, 0.6) is 0 Å². The average Bonchev–Trinajstić information content (AvgIpc) is 2.73. The smallest absolute Gasteiger partial charge is 0.288 e. The van der Waals surface area contributed by atoms with E-state index in [4.69, 9.17) is 11.6 Å². The van der Waals surface area contributed by atoms with Gasteiger partial charge in [0.15, 0.2) is 5.78 Å². The molecule has 4 rings (SSSR count). The Hall–Kier alpha value is -3.45. The second-order valence-electron chi connectivity index (χ2n) is 9.67. The number of nitro benzene ring substituents is 1. The fourth-order valence-electron chi connectivity index (χ4n) is 4.82. The van der Waals surface area contributed by atoms with Crippen molar-refractivity contribution in [3.05, 3.63) is 91.3 Å². The summed E-state index contributed by atoms with van der Waals surface area (Å²) in [4.78, 5) is 38.0. The van der Waals surface area contributed by atoms with Crippen LogP contribution in [0.2, 0.25) is 5.02 Å². The van der Waals surface area contributed by atoms with Gasteiger partial charge in [-0.3, -0.25) is 19.7 Å². The molecular formula is C26H26ClN3O4. The van der Waals surface area contributed by atoms with Gasteiger partial charge in [0.25, 0.3) is 11.6 Å². The lowest BCUT2D eigenvalue weighted by Crippen LogP contribution is -2.39. The lowest BCUT2D eigenvalue weighted by atomic mass is 9.68. The van der Waals surface area contributed by atoms with Crippen molar-refractivity contribution in [3.63, 3.8) is 0 Å². The zero-order valence-corrected chi connectivity index (χ0v) is 20.2. The molecule has 8 heteroatoms. The number of nitro groups is 1. The van der Waals surface area contributed by atoms with E-state index in [1.165, 1.54) is 12.1 Å². The molecule has 0 aromatic heterocycles. The van der Waals surface area contributed by atoms with E-state index in [2.05, 4.69) is 10.6 Å². The largest absolute Gasteiger partial charge is 0.362 e. The topological polar surface area (TPSA) is 101 Å². The third-order valence-corrected chi connectivity index (χ3v) is 6.70. The van der Waals surface area contributed by atoms with Gasteiger partial charge in [0.2, 0.25) is 0 Å². The summed E-state index contributed by atoms with van der Waals surface area (Å²) in [6.45, 7) is 7.74. The highest BCUT2D eigenvalue weighted by atomic mass is 35.5. The van der Waals surface area contributed by atoms with E-state index in [1.807, 2.05) is 39.0 Å². The molecule has 0 spiro atoms. The highest BCUT2D eigenvalue weighted by Gasteiger charge is 2.43. The number of benzene rings is 2.